The molecule has 0 spiro atoms. The summed E-state index contributed by atoms with van der Waals surface area (Å²) in [6.07, 6.45) is 3.79. The van der Waals surface area contributed by atoms with E-state index in [1.165, 1.54) is 15.3 Å². The molecule has 0 aromatic carbocycles. The van der Waals surface area contributed by atoms with Crippen LogP contribution >= 0.6 is 11.3 Å². The number of fused-ring (bicyclic) bond motifs is 1. The van der Waals surface area contributed by atoms with Crippen LogP contribution in [0, 0.1) is 0 Å². The Morgan fingerprint density at radius 1 is 1.36 bits per heavy atom. The van der Waals surface area contributed by atoms with Crippen LogP contribution < -0.4 is 5.32 Å². The maximum atomic E-state index is 12.6. The zero-order chi connectivity index (χ0) is 20.3. The number of carbonyl (C=O) groups is 2. The Balaban J connectivity index is 1.63. The molecule has 0 fully saturated rings. The van der Waals surface area contributed by atoms with Crippen molar-refractivity contribution in [1.82, 2.24) is 20.1 Å². The summed E-state index contributed by atoms with van der Waals surface area (Å²) in [6, 6.07) is 3.71. The molecule has 2 aromatic rings. The molecule has 3 heterocycles. The second-order valence-corrected chi connectivity index (χ2v) is 8.42. The van der Waals surface area contributed by atoms with Crippen LogP contribution in [0.2, 0.25) is 0 Å². The molecule has 0 aliphatic carbocycles. The number of rotatable bonds is 6. The van der Waals surface area contributed by atoms with Gasteiger partial charge in [-0.05, 0) is 37.0 Å². The van der Waals surface area contributed by atoms with Crippen LogP contribution in [0.1, 0.15) is 45.9 Å². The zero-order valence-electron chi connectivity index (χ0n) is 17.0. The van der Waals surface area contributed by atoms with Gasteiger partial charge in [0, 0.05) is 50.2 Å². The third-order valence-corrected chi connectivity index (χ3v) is 6.12. The number of pyridine rings is 1. The quantitative estimate of drug-likeness (QED) is 0.809. The molecule has 7 heteroatoms. The lowest BCUT2D eigenvalue weighted by atomic mass is 10.0. The predicted octanol–water partition coefficient (Wildman–Crippen LogP) is 2.47. The van der Waals surface area contributed by atoms with Gasteiger partial charge in [0.25, 0.3) is 5.91 Å². The topological polar surface area (TPSA) is 65.5 Å². The van der Waals surface area contributed by atoms with Crippen molar-refractivity contribution < 1.29 is 9.59 Å². The molecule has 3 rings (SSSR count). The lowest BCUT2D eigenvalue weighted by molar-refractivity contribution is -0.130. The van der Waals surface area contributed by atoms with Gasteiger partial charge < -0.3 is 10.2 Å². The Kier molecular flexibility index (Phi) is 6.46. The minimum Gasteiger partial charge on any atom is -0.347 e. The average Bonchev–Trinajstić information content (AvgIpc) is 3.11. The van der Waals surface area contributed by atoms with Gasteiger partial charge in [-0.15, -0.1) is 11.3 Å². The van der Waals surface area contributed by atoms with E-state index in [0.717, 1.165) is 43.7 Å². The van der Waals surface area contributed by atoms with Crippen molar-refractivity contribution in [2.75, 3.05) is 20.6 Å². The molecule has 1 N–H and O–H groups in total. The molecule has 1 atom stereocenters. The molecule has 1 aliphatic rings. The molecule has 28 heavy (non-hydrogen) atoms. The van der Waals surface area contributed by atoms with Crippen LogP contribution in [0.3, 0.4) is 0 Å². The highest BCUT2D eigenvalue weighted by Crippen LogP contribution is 2.29. The molecule has 150 valence electrons. The Morgan fingerprint density at radius 3 is 2.79 bits per heavy atom. The van der Waals surface area contributed by atoms with Crippen molar-refractivity contribution >= 4 is 23.2 Å². The second-order valence-electron chi connectivity index (χ2n) is 7.45. The molecule has 1 unspecified atom stereocenters. The van der Waals surface area contributed by atoms with Gasteiger partial charge in [0.15, 0.2) is 0 Å². The van der Waals surface area contributed by atoms with Crippen LogP contribution in [0.25, 0.3) is 0 Å². The molecule has 1 aliphatic heterocycles. The number of nitrogens with zero attached hydrogens (tertiary/aromatic N) is 3. The SMILES string of the molecule is CCc1ccc(CN2CCc3c(C(=O)NC(C)C(=O)N(C)C)csc3C2)nc1. The van der Waals surface area contributed by atoms with Gasteiger partial charge in [-0.2, -0.15) is 0 Å². The van der Waals surface area contributed by atoms with E-state index in [1.807, 2.05) is 11.6 Å². The van der Waals surface area contributed by atoms with E-state index in [-0.39, 0.29) is 11.8 Å². The lowest BCUT2D eigenvalue weighted by Gasteiger charge is -2.27. The molecule has 0 saturated carbocycles. The fraction of sp³-hybridized carbons (Fsp3) is 0.476. The number of aromatic nitrogens is 1. The monoisotopic (exact) mass is 400 g/mol. The fourth-order valence-electron chi connectivity index (χ4n) is 3.42. The molecular formula is C21H28N4O2S. The Hall–Kier alpha value is -2.25. The number of aryl methyl sites for hydroxylation is 1. The second kappa shape index (κ2) is 8.84. The molecular weight excluding hydrogens is 372 g/mol. The van der Waals surface area contributed by atoms with Gasteiger partial charge in [-0.1, -0.05) is 13.0 Å². The molecule has 2 amide bonds. The van der Waals surface area contributed by atoms with E-state index in [1.54, 1.807) is 32.4 Å². The number of amides is 2. The van der Waals surface area contributed by atoms with Crippen LogP contribution in [-0.2, 0) is 30.7 Å². The van der Waals surface area contributed by atoms with Crippen molar-refractivity contribution in [3.05, 3.63) is 51.0 Å². The van der Waals surface area contributed by atoms with Gasteiger partial charge in [0.1, 0.15) is 6.04 Å². The lowest BCUT2D eigenvalue weighted by Crippen LogP contribution is -2.44. The van der Waals surface area contributed by atoms with E-state index in [9.17, 15) is 9.59 Å². The molecule has 2 aromatic heterocycles. The first-order valence-corrected chi connectivity index (χ1v) is 10.5. The average molecular weight is 401 g/mol. The fourth-order valence-corrected chi connectivity index (χ4v) is 4.54. The Bertz CT molecular complexity index is 845. The highest BCUT2D eigenvalue weighted by Gasteiger charge is 2.26. The van der Waals surface area contributed by atoms with Crippen LogP contribution in [0.15, 0.2) is 23.7 Å². The van der Waals surface area contributed by atoms with E-state index < -0.39 is 6.04 Å². The summed E-state index contributed by atoms with van der Waals surface area (Å²) in [7, 11) is 3.38. The van der Waals surface area contributed by atoms with Crippen molar-refractivity contribution in [2.45, 2.75) is 45.8 Å². The Morgan fingerprint density at radius 2 is 2.14 bits per heavy atom. The molecule has 0 bridgehead atoms. The summed E-state index contributed by atoms with van der Waals surface area (Å²) in [5.41, 5.74) is 4.16. The first-order chi connectivity index (χ1) is 13.4. The Labute approximate surface area is 170 Å². The molecule has 0 saturated heterocycles. The van der Waals surface area contributed by atoms with Crippen molar-refractivity contribution in [2.24, 2.45) is 0 Å². The smallest absolute Gasteiger partial charge is 0.253 e. The van der Waals surface area contributed by atoms with E-state index >= 15 is 0 Å². The number of likely N-dealkylation sites (N-methyl/N-ethyl adjacent to an activating group) is 1. The van der Waals surface area contributed by atoms with Gasteiger partial charge >= 0.3 is 0 Å². The summed E-state index contributed by atoms with van der Waals surface area (Å²) in [5.74, 6) is -0.268. The maximum Gasteiger partial charge on any atom is 0.253 e. The summed E-state index contributed by atoms with van der Waals surface area (Å²) in [6.45, 7) is 6.39. The largest absolute Gasteiger partial charge is 0.347 e. The van der Waals surface area contributed by atoms with Gasteiger partial charge in [-0.3, -0.25) is 19.5 Å². The highest BCUT2D eigenvalue weighted by molar-refractivity contribution is 7.10. The van der Waals surface area contributed by atoms with Crippen LogP contribution in [0.5, 0.6) is 0 Å². The molecule has 6 nitrogen and oxygen atoms in total. The number of nitrogens with one attached hydrogen (secondary N) is 1. The standard InChI is InChI=1S/C21H28N4O2S/c1-5-15-6-7-16(22-10-15)11-25-9-8-17-18(13-28-19(17)12-25)20(26)23-14(2)21(27)24(3)4/h6-7,10,13-14H,5,8-9,11-12H2,1-4H3,(H,23,26). The molecule has 0 radical (unpaired) electrons. The van der Waals surface area contributed by atoms with Crippen LogP contribution in [-0.4, -0.2) is 53.3 Å². The van der Waals surface area contributed by atoms with Crippen molar-refractivity contribution in [3.8, 4) is 0 Å². The third-order valence-electron chi connectivity index (χ3n) is 5.11. The van der Waals surface area contributed by atoms with Crippen LogP contribution in [0.4, 0.5) is 0 Å². The predicted molar refractivity (Wildman–Crippen MR) is 111 cm³/mol. The highest BCUT2D eigenvalue weighted by atomic mass is 32.1. The summed E-state index contributed by atoms with van der Waals surface area (Å²) < 4.78 is 0. The van der Waals surface area contributed by atoms with Gasteiger partial charge in [0.2, 0.25) is 5.91 Å². The summed E-state index contributed by atoms with van der Waals surface area (Å²) in [4.78, 5) is 34.3. The normalized spacial score (nSPS) is 15.0. The summed E-state index contributed by atoms with van der Waals surface area (Å²) in [5, 5.41) is 4.75. The number of thiophene rings is 1. The zero-order valence-corrected chi connectivity index (χ0v) is 17.8. The third kappa shape index (κ3) is 4.59. The number of hydrogen-bond donors (Lipinski definition) is 1. The minimum atomic E-state index is -0.532. The number of carbonyl (C=O) groups excluding carboxylic acids is 2. The first kappa shape index (κ1) is 20.5. The summed E-state index contributed by atoms with van der Waals surface area (Å²) >= 11 is 1.62. The van der Waals surface area contributed by atoms with E-state index in [0.29, 0.717) is 5.56 Å². The van der Waals surface area contributed by atoms with Gasteiger partial charge in [0.05, 0.1) is 11.3 Å². The van der Waals surface area contributed by atoms with E-state index in [2.05, 4.69) is 34.3 Å². The maximum absolute atomic E-state index is 12.6. The van der Waals surface area contributed by atoms with Gasteiger partial charge in [-0.25, -0.2) is 0 Å². The minimum absolute atomic E-state index is 0.106. The van der Waals surface area contributed by atoms with E-state index in [4.69, 9.17) is 0 Å². The number of hydrogen-bond acceptors (Lipinski definition) is 5. The van der Waals surface area contributed by atoms with Crippen molar-refractivity contribution in [3.63, 3.8) is 0 Å². The van der Waals surface area contributed by atoms with Crippen molar-refractivity contribution in [1.29, 1.82) is 0 Å². The first-order valence-electron chi connectivity index (χ1n) is 9.66.